The van der Waals surface area contributed by atoms with Crippen LogP contribution in [0, 0.1) is 19.1 Å². The molecule has 7 rings (SSSR count). The fourth-order valence-corrected chi connectivity index (χ4v) is 4.47. The standard InChI is InChI=1S/C24H16NO.C11H8N.Ir/c1-16-10-12-22(25-15-16)17-11-13-24-21(14-17)19-7-3-2-6-18(19)20-8-4-5-9-23(20)26-24;1-2-6-10(7-3-1)11-8-4-5-9-12-11;/h2-10,12-15H,1H3;1-6,8-9H;/q2*-1;. The number of benzene rings is 4. The normalized spacial score (nSPS) is 10.7. The second-order valence-electron chi connectivity index (χ2n) is 8.98. The maximum absolute atomic E-state index is 6.24. The third kappa shape index (κ3) is 5.73. The van der Waals surface area contributed by atoms with Crippen LogP contribution in [0.5, 0.6) is 11.5 Å². The van der Waals surface area contributed by atoms with E-state index in [9.17, 15) is 0 Å². The van der Waals surface area contributed by atoms with Crippen molar-refractivity contribution in [2.45, 2.75) is 6.92 Å². The Bertz CT molecular complexity index is 1650. The van der Waals surface area contributed by atoms with Crippen LogP contribution in [0.2, 0.25) is 0 Å². The van der Waals surface area contributed by atoms with E-state index in [4.69, 9.17) is 4.74 Å². The predicted octanol–water partition coefficient (Wildman–Crippen LogP) is 8.84. The number of aromatic nitrogens is 2. The molecule has 0 aliphatic carbocycles. The summed E-state index contributed by atoms with van der Waals surface area (Å²) in [6.07, 6.45) is 3.67. The molecule has 39 heavy (non-hydrogen) atoms. The quantitative estimate of drug-likeness (QED) is 0.171. The summed E-state index contributed by atoms with van der Waals surface area (Å²) >= 11 is 0. The van der Waals surface area contributed by atoms with Crippen molar-refractivity contribution in [3.05, 3.63) is 145 Å². The Kier molecular flexibility index (Phi) is 8.07. The van der Waals surface area contributed by atoms with Crippen LogP contribution in [0.1, 0.15) is 5.56 Å². The zero-order valence-corrected chi connectivity index (χ0v) is 23.7. The Labute approximate surface area is 242 Å². The molecule has 0 atom stereocenters. The molecule has 6 aromatic rings. The molecule has 0 saturated heterocycles. The van der Waals surface area contributed by atoms with Crippen LogP contribution in [0.4, 0.5) is 0 Å². The molecule has 0 spiro atoms. The first-order valence-corrected chi connectivity index (χ1v) is 12.5. The summed E-state index contributed by atoms with van der Waals surface area (Å²) in [5.41, 5.74) is 9.54. The molecule has 3 nitrogen and oxygen atoms in total. The fourth-order valence-electron chi connectivity index (χ4n) is 4.47. The molecular weight excluding hydrogens is 657 g/mol. The van der Waals surface area contributed by atoms with E-state index >= 15 is 0 Å². The predicted molar refractivity (Wildman–Crippen MR) is 153 cm³/mol. The van der Waals surface area contributed by atoms with E-state index in [0.717, 1.165) is 56.3 Å². The van der Waals surface area contributed by atoms with E-state index in [0.29, 0.717) is 0 Å². The number of para-hydroxylation sites is 1. The molecule has 2 aromatic heterocycles. The van der Waals surface area contributed by atoms with Gasteiger partial charge in [0.25, 0.3) is 0 Å². The van der Waals surface area contributed by atoms with Crippen molar-refractivity contribution in [1.82, 2.24) is 9.97 Å². The smallest absolute Gasteiger partial charge is 0.122 e. The number of aryl methyl sites for hydroxylation is 1. The third-order valence-electron chi connectivity index (χ3n) is 6.36. The minimum atomic E-state index is 0. The van der Waals surface area contributed by atoms with E-state index < -0.39 is 0 Å². The van der Waals surface area contributed by atoms with E-state index in [1.54, 1.807) is 6.20 Å². The Morgan fingerprint density at radius 3 is 2.03 bits per heavy atom. The van der Waals surface area contributed by atoms with E-state index in [-0.39, 0.29) is 20.1 Å². The van der Waals surface area contributed by atoms with E-state index in [1.165, 1.54) is 5.56 Å². The average molecular weight is 681 g/mol. The van der Waals surface area contributed by atoms with Gasteiger partial charge in [0.2, 0.25) is 0 Å². The molecule has 0 fully saturated rings. The molecule has 1 radical (unpaired) electrons. The average Bonchev–Trinajstić information content (AvgIpc) is 3.13. The Morgan fingerprint density at radius 1 is 0.590 bits per heavy atom. The summed E-state index contributed by atoms with van der Waals surface area (Å²) in [7, 11) is 0. The van der Waals surface area contributed by atoms with Gasteiger partial charge >= 0.3 is 0 Å². The Balaban J connectivity index is 0.000000200. The first-order valence-electron chi connectivity index (χ1n) is 12.5. The zero-order chi connectivity index (χ0) is 25.7. The van der Waals surface area contributed by atoms with Gasteiger partial charge in [-0.2, -0.15) is 0 Å². The summed E-state index contributed by atoms with van der Waals surface area (Å²) in [5.74, 6) is 1.69. The minimum absolute atomic E-state index is 0. The number of pyridine rings is 2. The SMILES string of the molecule is Cc1ccc(-c2[c-]cc3c(c2)-c2ccccc2-c2ccccc2O3)nc1.[Ir].[c-]1ccccc1-c1ccccn1. The van der Waals surface area contributed by atoms with Crippen LogP contribution in [0.15, 0.2) is 128 Å². The van der Waals surface area contributed by atoms with Crippen molar-refractivity contribution in [1.29, 1.82) is 0 Å². The molecule has 0 N–H and O–H groups in total. The molecular formula is C35H24IrN2O-2. The van der Waals surface area contributed by atoms with Gasteiger partial charge in [0.15, 0.2) is 0 Å². The molecule has 191 valence electrons. The topological polar surface area (TPSA) is 35.0 Å². The molecule has 0 unspecified atom stereocenters. The van der Waals surface area contributed by atoms with Crippen LogP contribution in [-0.2, 0) is 20.1 Å². The summed E-state index contributed by atoms with van der Waals surface area (Å²) < 4.78 is 6.24. The number of rotatable bonds is 2. The molecule has 0 bridgehead atoms. The van der Waals surface area contributed by atoms with Crippen molar-refractivity contribution in [3.63, 3.8) is 0 Å². The van der Waals surface area contributed by atoms with Crippen LogP contribution in [0.3, 0.4) is 0 Å². The van der Waals surface area contributed by atoms with Gasteiger partial charge in [-0.05, 0) is 47.1 Å². The van der Waals surface area contributed by atoms with Crippen molar-refractivity contribution < 1.29 is 24.8 Å². The minimum Gasteiger partial charge on any atom is -0.500 e. The van der Waals surface area contributed by atoms with Crippen molar-refractivity contribution in [3.8, 4) is 56.3 Å². The van der Waals surface area contributed by atoms with Crippen LogP contribution in [-0.4, -0.2) is 9.97 Å². The molecule has 3 heterocycles. The Morgan fingerprint density at radius 2 is 1.31 bits per heavy atom. The second kappa shape index (κ2) is 12.0. The summed E-state index contributed by atoms with van der Waals surface area (Å²) in [5, 5.41) is 0. The number of ether oxygens (including phenoxy) is 1. The largest absolute Gasteiger partial charge is 0.500 e. The molecule has 0 saturated carbocycles. The van der Waals surface area contributed by atoms with Crippen LogP contribution in [0.25, 0.3) is 44.8 Å². The van der Waals surface area contributed by atoms with E-state index in [1.807, 2.05) is 85.9 Å². The second-order valence-corrected chi connectivity index (χ2v) is 8.98. The molecule has 1 aliphatic rings. The molecule has 0 amide bonds. The zero-order valence-electron chi connectivity index (χ0n) is 21.3. The Hall–Kier alpha value is -4.37. The molecule has 4 heteroatoms. The van der Waals surface area contributed by atoms with Crippen molar-refractivity contribution in [2.75, 3.05) is 0 Å². The van der Waals surface area contributed by atoms with Crippen LogP contribution >= 0.6 is 0 Å². The maximum atomic E-state index is 6.24. The third-order valence-corrected chi connectivity index (χ3v) is 6.36. The number of hydrogen-bond acceptors (Lipinski definition) is 3. The van der Waals surface area contributed by atoms with E-state index in [2.05, 4.69) is 64.6 Å². The summed E-state index contributed by atoms with van der Waals surface area (Å²) in [6, 6.07) is 44.9. The number of fused-ring (bicyclic) bond motifs is 5. The van der Waals surface area contributed by atoms with Gasteiger partial charge in [-0.1, -0.05) is 72.3 Å². The van der Waals surface area contributed by atoms with Crippen molar-refractivity contribution in [2.24, 2.45) is 0 Å². The number of nitrogens with zero attached hydrogens (tertiary/aromatic N) is 2. The van der Waals surface area contributed by atoms with Crippen molar-refractivity contribution >= 4 is 0 Å². The molecule has 4 aromatic carbocycles. The monoisotopic (exact) mass is 681 g/mol. The van der Waals surface area contributed by atoms with Gasteiger partial charge in [-0.25, -0.2) is 0 Å². The maximum Gasteiger partial charge on any atom is 0.122 e. The van der Waals surface area contributed by atoms with Gasteiger partial charge in [-0.15, -0.1) is 59.7 Å². The summed E-state index contributed by atoms with van der Waals surface area (Å²) in [6.45, 7) is 2.04. The van der Waals surface area contributed by atoms with Gasteiger partial charge in [0.1, 0.15) is 5.75 Å². The first-order chi connectivity index (χ1) is 18.8. The first kappa shape index (κ1) is 26.2. The fraction of sp³-hybridized carbons (Fsp3) is 0.0286. The summed E-state index contributed by atoms with van der Waals surface area (Å²) in [4.78, 5) is 8.76. The van der Waals surface area contributed by atoms with Gasteiger partial charge < -0.3 is 14.7 Å². The van der Waals surface area contributed by atoms with Gasteiger partial charge in [0.05, 0.1) is 5.75 Å². The number of hydrogen-bond donors (Lipinski definition) is 0. The van der Waals surface area contributed by atoms with Gasteiger partial charge in [0, 0.05) is 38.1 Å². The van der Waals surface area contributed by atoms with Gasteiger partial charge in [-0.3, -0.25) is 0 Å². The van der Waals surface area contributed by atoms with Crippen LogP contribution < -0.4 is 4.74 Å². The molecule has 1 aliphatic heterocycles.